The van der Waals surface area contributed by atoms with Crippen LogP contribution in [0.15, 0.2) is 42.9 Å². The molecule has 1 aromatic carbocycles. The van der Waals surface area contributed by atoms with E-state index in [2.05, 4.69) is 31.9 Å². The van der Waals surface area contributed by atoms with Gasteiger partial charge in [-0.3, -0.25) is 9.88 Å². The average Bonchev–Trinajstić information content (AvgIpc) is 2.69. The van der Waals surface area contributed by atoms with Crippen LogP contribution >= 0.6 is 0 Å². The Balaban J connectivity index is 1.43. The van der Waals surface area contributed by atoms with Gasteiger partial charge < -0.3 is 14.4 Å². The minimum atomic E-state index is -0.111. The summed E-state index contributed by atoms with van der Waals surface area (Å²) in [5.41, 5.74) is 1.20. The number of hydrogen-bond donors (Lipinski definition) is 0. The van der Waals surface area contributed by atoms with Gasteiger partial charge in [-0.25, -0.2) is 4.98 Å². The summed E-state index contributed by atoms with van der Waals surface area (Å²) in [4.78, 5) is 13.5. The van der Waals surface area contributed by atoms with Crippen LogP contribution in [-0.2, 0) is 11.3 Å². The summed E-state index contributed by atoms with van der Waals surface area (Å²) in [5, 5.41) is 0. The molecule has 0 bridgehead atoms. The molecule has 2 aliphatic rings. The first-order valence-corrected chi connectivity index (χ1v) is 9.27. The fourth-order valence-corrected chi connectivity index (χ4v) is 4.04. The predicted octanol–water partition coefficient (Wildman–Crippen LogP) is 2.36. The molecule has 0 saturated carbocycles. The summed E-state index contributed by atoms with van der Waals surface area (Å²) in [6.45, 7) is 5.55. The molecule has 2 saturated heterocycles. The van der Waals surface area contributed by atoms with E-state index in [0.29, 0.717) is 0 Å². The maximum Gasteiger partial charge on any atom is 0.147 e. The Hall–Kier alpha value is -2.18. The second-order valence-electron chi connectivity index (χ2n) is 7.18. The fourth-order valence-electron chi connectivity index (χ4n) is 4.04. The minimum Gasteiger partial charge on any atom is -0.497 e. The highest BCUT2D eigenvalue weighted by Crippen LogP contribution is 2.31. The molecule has 6 nitrogen and oxygen atoms in total. The molecule has 26 heavy (non-hydrogen) atoms. The van der Waals surface area contributed by atoms with Crippen molar-refractivity contribution in [2.45, 2.75) is 25.0 Å². The summed E-state index contributed by atoms with van der Waals surface area (Å²) in [6.07, 6.45) is 7.54. The summed E-state index contributed by atoms with van der Waals surface area (Å²) < 4.78 is 11.6. The molecule has 0 N–H and O–H groups in total. The van der Waals surface area contributed by atoms with Crippen molar-refractivity contribution in [3.8, 4) is 5.75 Å². The number of morpholine rings is 1. The van der Waals surface area contributed by atoms with Gasteiger partial charge in [0, 0.05) is 45.1 Å². The Morgan fingerprint density at radius 3 is 2.81 bits per heavy atom. The minimum absolute atomic E-state index is 0.111. The zero-order valence-electron chi connectivity index (χ0n) is 15.3. The summed E-state index contributed by atoms with van der Waals surface area (Å²) in [6, 6.07) is 8.35. The molecule has 138 valence electrons. The van der Waals surface area contributed by atoms with Gasteiger partial charge >= 0.3 is 0 Å². The molecule has 6 heteroatoms. The van der Waals surface area contributed by atoms with Crippen LogP contribution in [0.3, 0.4) is 0 Å². The maximum atomic E-state index is 6.31. The normalized spacial score (nSPS) is 24.0. The van der Waals surface area contributed by atoms with Gasteiger partial charge in [0.15, 0.2) is 0 Å². The van der Waals surface area contributed by atoms with E-state index in [1.807, 2.05) is 18.3 Å². The quantitative estimate of drug-likeness (QED) is 0.840. The highest BCUT2D eigenvalue weighted by molar-refractivity contribution is 5.37. The van der Waals surface area contributed by atoms with Gasteiger partial charge in [-0.15, -0.1) is 0 Å². The maximum absolute atomic E-state index is 6.31. The number of methoxy groups -OCH3 is 1. The number of ether oxygens (including phenoxy) is 2. The smallest absolute Gasteiger partial charge is 0.147 e. The number of rotatable bonds is 4. The largest absolute Gasteiger partial charge is 0.497 e. The lowest BCUT2D eigenvalue weighted by Gasteiger charge is -2.48. The van der Waals surface area contributed by atoms with E-state index in [0.717, 1.165) is 63.7 Å². The van der Waals surface area contributed by atoms with Crippen molar-refractivity contribution in [3.63, 3.8) is 0 Å². The highest BCUT2D eigenvalue weighted by atomic mass is 16.5. The van der Waals surface area contributed by atoms with Crippen molar-refractivity contribution < 1.29 is 9.47 Å². The Kier molecular flexibility index (Phi) is 5.04. The van der Waals surface area contributed by atoms with Crippen LogP contribution in [0.5, 0.6) is 5.75 Å². The first-order chi connectivity index (χ1) is 12.8. The first kappa shape index (κ1) is 17.2. The molecule has 1 aromatic heterocycles. The van der Waals surface area contributed by atoms with Gasteiger partial charge in [0.2, 0.25) is 0 Å². The van der Waals surface area contributed by atoms with Crippen molar-refractivity contribution in [3.05, 3.63) is 48.4 Å². The molecule has 4 rings (SSSR count). The van der Waals surface area contributed by atoms with Crippen molar-refractivity contribution in [1.82, 2.24) is 14.9 Å². The standard InChI is InChI=1S/C20H26N4O2/c1-25-18-5-3-17(4-6-18)14-23-11-12-26-20(15-23)7-2-10-24(16-20)19-13-21-8-9-22-19/h3-6,8-9,13H,2,7,10-12,14-16H2,1H3/t20-/m1/s1. The van der Waals surface area contributed by atoms with Crippen LogP contribution < -0.4 is 9.64 Å². The lowest BCUT2D eigenvalue weighted by Crippen LogP contribution is -2.59. The molecule has 0 radical (unpaired) electrons. The van der Waals surface area contributed by atoms with Crippen LogP contribution in [0.25, 0.3) is 0 Å². The van der Waals surface area contributed by atoms with Crippen LogP contribution in [0.4, 0.5) is 5.82 Å². The third-order valence-corrected chi connectivity index (χ3v) is 5.31. The van der Waals surface area contributed by atoms with Gasteiger partial charge in [-0.1, -0.05) is 12.1 Å². The van der Waals surface area contributed by atoms with Crippen molar-refractivity contribution >= 4 is 5.82 Å². The molecule has 1 spiro atoms. The fraction of sp³-hybridized carbons (Fsp3) is 0.500. The number of benzene rings is 1. The van der Waals surface area contributed by atoms with Crippen LogP contribution in [0, 0.1) is 0 Å². The lowest BCUT2D eigenvalue weighted by molar-refractivity contribution is -0.116. The molecule has 2 fully saturated rings. The second kappa shape index (κ2) is 7.60. The van der Waals surface area contributed by atoms with Gasteiger partial charge in [0.1, 0.15) is 11.6 Å². The molecule has 1 atom stereocenters. The number of hydrogen-bond acceptors (Lipinski definition) is 6. The molecular weight excluding hydrogens is 328 g/mol. The van der Waals surface area contributed by atoms with E-state index >= 15 is 0 Å². The molecule has 0 aliphatic carbocycles. The molecule has 2 aliphatic heterocycles. The monoisotopic (exact) mass is 354 g/mol. The van der Waals surface area contributed by atoms with Crippen LogP contribution in [0.1, 0.15) is 18.4 Å². The predicted molar refractivity (Wildman–Crippen MR) is 100 cm³/mol. The van der Waals surface area contributed by atoms with Crippen molar-refractivity contribution in [1.29, 1.82) is 0 Å². The molecular formula is C20H26N4O2. The average molecular weight is 354 g/mol. The topological polar surface area (TPSA) is 50.7 Å². The number of anilines is 1. The van der Waals surface area contributed by atoms with Gasteiger partial charge in [-0.05, 0) is 30.5 Å². The van der Waals surface area contributed by atoms with Crippen molar-refractivity contribution in [2.75, 3.05) is 44.8 Å². The zero-order chi connectivity index (χ0) is 17.8. The van der Waals surface area contributed by atoms with Crippen molar-refractivity contribution in [2.24, 2.45) is 0 Å². The zero-order valence-corrected chi connectivity index (χ0v) is 15.3. The van der Waals surface area contributed by atoms with E-state index < -0.39 is 0 Å². The van der Waals surface area contributed by atoms with E-state index in [4.69, 9.17) is 9.47 Å². The second-order valence-corrected chi connectivity index (χ2v) is 7.18. The highest BCUT2D eigenvalue weighted by Gasteiger charge is 2.40. The number of nitrogens with zero attached hydrogens (tertiary/aromatic N) is 4. The third-order valence-electron chi connectivity index (χ3n) is 5.31. The Labute approximate surface area is 154 Å². The van der Waals surface area contributed by atoms with E-state index in [9.17, 15) is 0 Å². The molecule has 3 heterocycles. The van der Waals surface area contributed by atoms with Crippen LogP contribution in [0.2, 0.25) is 0 Å². The number of aromatic nitrogens is 2. The lowest BCUT2D eigenvalue weighted by atomic mass is 9.90. The Morgan fingerprint density at radius 1 is 1.15 bits per heavy atom. The van der Waals surface area contributed by atoms with Gasteiger partial charge in [0.25, 0.3) is 0 Å². The summed E-state index contributed by atoms with van der Waals surface area (Å²) in [5.74, 6) is 1.85. The number of piperidine rings is 1. The summed E-state index contributed by atoms with van der Waals surface area (Å²) >= 11 is 0. The first-order valence-electron chi connectivity index (χ1n) is 9.27. The SMILES string of the molecule is COc1ccc(CN2CCO[C@]3(CCCN(c4cnccn4)C3)C2)cc1. The van der Waals surface area contributed by atoms with E-state index in [-0.39, 0.29) is 5.60 Å². The molecule has 0 amide bonds. The molecule has 0 unspecified atom stereocenters. The molecule has 2 aromatic rings. The van der Waals surface area contributed by atoms with E-state index in [1.165, 1.54) is 5.56 Å². The third kappa shape index (κ3) is 3.81. The Morgan fingerprint density at radius 2 is 2.04 bits per heavy atom. The summed E-state index contributed by atoms with van der Waals surface area (Å²) in [7, 11) is 1.70. The Bertz CT molecular complexity index is 706. The van der Waals surface area contributed by atoms with Crippen LogP contribution in [-0.4, -0.2) is 60.4 Å². The van der Waals surface area contributed by atoms with E-state index in [1.54, 1.807) is 19.5 Å². The van der Waals surface area contributed by atoms with Gasteiger partial charge in [-0.2, -0.15) is 0 Å². The van der Waals surface area contributed by atoms with Gasteiger partial charge in [0.05, 0.1) is 25.5 Å².